The molecule has 0 radical (unpaired) electrons. The summed E-state index contributed by atoms with van der Waals surface area (Å²) in [5.74, 6) is 0. The summed E-state index contributed by atoms with van der Waals surface area (Å²) < 4.78 is 0. The maximum atomic E-state index is 3.30. The quantitative estimate of drug-likeness (QED) is 0.419. The van der Waals surface area contributed by atoms with Crippen molar-refractivity contribution in [3.63, 3.8) is 0 Å². The van der Waals surface area contributed by atoms with E-state index in [1.54, 1.807) is 0 Å². The minimum absolute atomic E-state index is 0.642. The van der Waals surface area contributed by atoms with Crippen LogP contribution < -0.4 is 5.32 Å². The Hall–Kier alpha value is 0.452. The molecular formula is C5H11AlN2+2. The Labute approximate surface area is 58.7 Å². The molecule has 1 N–H and O–H groups in total. The van der Waals surface area contributed by atoms with Gasteiger partial charge in [-0.15, -0.1) is 0 Å². The third kappa shape index (κ3) is 1.46. The molecule has 1 unspecified atom stereocenters. The first-order valence-corrected chi connectivity index (χ1v) is 3.64. The predicted molar refractivity (Wildman–Crippen MR) is 35.0 cm³/mol. The van der Waals surface area contributed by atoms with Crippen LogP contribution in [0.3, 0.4) is 0 Å². The average molecular weight is 126 g/mol. The molecule has 0 aromatic heterocycles. The Balaban J connectivity index is 2.28. The third-order valence-electron chi connectivity index (χ3n) is 1.56. The van der Waals surface area contributed by atoms with Crippen molar-refractivity contribution in [2.75, 3.05) is 26.7 Å². The van der Waals surface area contributed by atoms with Gasteiger partial charge in [0, 0.05) is 0 Å². The van der Waals surface area contributed by atoms with Crippen molar-refractivity contribution in [1.29, 1.82) is 0 Å². The minimum atomic E-state index is 0.642. The van der Waals surface area contributed by atoms with Gasteiger partial charge < -0.3 is 0 Å². The van der Waals surface area contributed by atoms with Crippen molar-refractivity contribution in [3.8, 4) is 0 Å². The van der Waals surface area contributed by atoms with Crippen LogP contribution in [0.15, 0.2) is 0 Å². The van der Waals surface area contributed by atoms with E-state index in [0.717, 1.165) is 13.1 Å². The predicted octanol–water partition coefficient (Wildman–Crippen LogP) is -0.984. The molecule has 0 spiro atoms. The van der Waals surface area contributed by atoms with Crippen molar-refractivity contribution < 1.29 is 0 Å². The van der Waals surface area contributed by atoms with Gasteiger partial charge in [0.1, 0.15) is 0 Å². The molecule has 0 aromatic rings. The fourth-order valence-corrected chi connectivity index (χ4v) is 1.14. The van der Waals surface area contributed by atoms with Gasteiger partial charge >= 0.3 is 58.1 Å². The Morgan fingerprint density at radius 1 is 1.75 bits per heavy atom. The summed E-state index contributed by atoms with van der Waals surface area (Å²) in [5.41, 5.74) is 0. The Bertz CT molecular complexity index is 66.8. The standard InChI is InChI=1S/C5H11N2.Al/c1-7-4-2-6-3-5-7;/h4,6H,2-3,5H2,1H3;/q;+2. The number of rotatable bonds is 0. The zero-order chi connectivity index (χ0) is 5.98. The molecule has 0 amide bonds. The van der Waals surface area contributed by atoms with E-state index in [1.165, 1.54) is 6.54 Å². The first-order valence-electron chi connectivity index (χ1n) is 2.97. The first-order chi connectivity index (χ1) is 3.80. The van der Waals surface area contributed by atoms with Crippen LogP contribution in [0.4, 0.5) is 0 Å². The monoisotopic (exact) mass is 126 g/mol. The molecule has 0 saturated carbocycles. The number of piperazine rings is 1. The van der Waals surface area contributed by atoms with Crippen LogP contribution in [0.25, 0.3) is 0 Å². The van der Waals surface area contributed by atoms with Gasteiger partial charge in [-0.25, -0.2) is 0 Å². The molecule has 1 rings (SSSR count). The van der Waals surface area contributed by atoms with Gasteiger partial charge in [-0.05, 0) is 0 Å². The molecule has 1 fully saturated rings. The summed E-state index contributed by atoms with van der Waals surface area (Å²) in [6.45, 7) is 3.43. The molecule has 2 nitrogen and oxygen atoms in total. The molecule has 0 aromatic carbocycles. The fraction of sp³-hybridized carbons (Fsp3) is 1.00. The summed E-state index contributed by atoms with van der Waals surface area (Å²) >= 11 is 2.81. The van der Waals surface area contributed by atoms with Gasteiger partial charge in [-0.1, -0.05) is 0 Å². The van der Waals surface area contributed by atoms with Gasteiger partial charge in [0.25, 0.3) is 0 Å². The van der Waals surface area contributed by atoms with Gasteiger partial charge in [-0.2, -0.15) is 0 Å². The summed E-state index contributed by atoms with van der Waals surface area (Å²) in [7, 11) is 2.15. The van der Waals surface area contributed by atoms with Crippen molar-refractivity contribution >= 4 is 16.3 Å². The number of likely N-dealkylation sites (N-methyl/N-ethyl adjacent to an activating group) is 1. The van der Waals surface area contributed by atoms with E-state index in [1.807, 2.05) is 0 Å². The van der Waals surface area contributed by atoms with Crippen LogP contribution in [-0.2, 0) is 0 Å². The number of nitrogens with zero attached hydrogens (tertiary/aromatic N) is 1. The summed E-state index contributed by atoms with van der Waals surface area (Å²) in [5, 5.41) is 3.30. The second-order valence-electron chi connectivity index (χ2n) is 2.25. The van der Waals surface area contributed by atoms with Gasteiger partial charge in [-0.3, -0.25) is 0 Å². The van der Waals surface area contributed by atoms with Crippen LogP contribution in [0.2, 0.25) is 0 Å². The Morgan fingerprint density at radius 3 is 2.88 bits per heavy atom. The Morgan fingerprint density at radius 2 is 2.50 bits per heavy atom. The van der Waals surface area contributed by atoms with Crippen LogP contribution >= 0.6 is 0 Å². The van der Waals surface area contributed by atoms with Gasteiger partial charge in [0.15, 0.2) is 0 Å². The van der Waals surface area contributed by atoms with Crippen molar-refractivity contribution in [2.45, 2.75) is 4.90 Å². The van der Waals surface area contributed by atoms with E-state index in [-0.39, 0.29) is 0 Å². The van der Waals surface area contributed by atoms with Crippen molar-refractivity contribution in [2.24, 2.45) is 0 Å². The molecule has 1 heterocycles. The van der Waals surface area contributed by atoms with E-state index in [4.69, 9.17) is 0 Å². The number of hydrogen-bond donors (Lipinski definition) is 1. The van der Waals surface area contributed by atoms with Crippen molar-refractivity contribution in [1.82, 2.24) is 10.2 Å². The van der Waals surface area contributed by atoms with Crippen LogP contribution in [-0.4, -0.2) is 52.8 Å². The fourth-order valence-electron chi connectivity index (χ4n) is 0.827. The molecule has 1 saturated heterocycles. The van der Waals surface area contributed by atoms with E-state index in [9.17, 15) is 0 Å². The number of nitrogens with one attached hydrogen (secondary N) is 1. The third-order valence-corrected chi connectivity index (χ3v) is 2.31. The molecule has 0 bridgehead atoms. The Kier molecular flexibility index (Phi) is 2.33. The molecule has 1 atom stereocenters. The zero-order valence-electron chi connectivity index (χ0n) is 5.22. The number of hydrogen-bond acceptors (Lipinski definition) is 2. The van der Waals surface area contributed by atoms with Crippen LogP contribution in [0.5, 0.6) is 0 Å². The summed E-state index contributed by atoms with van der Waals surface area (Å²) in [4.78, 5) is 2.98. The van der Waals surface area contributed by atoms with E-state index in [0.29, 0.717) is 4.90 Å². The van der Waals surface area contributed by atoms with Crippen molar-refractivity contribution in [3.05, 3.63) is 0 Å². The topological polar surface area (TPSA) is 15.3 Å². The molecular weight excluding hydrogens is 115 g/mol. The molecule has 1 aliphatic heterocycles. The molecule has 8 heavy (non-hydrogen) atoms. The zero-order valence-corrected chi connectivity index (χ0v) is 6.38. The molecule has 42 valence electrons. The normalized spacial score (nSPS) is 33.1. The second kappa shape index (κ2) is 2.84. The molecule has 3 heteroatoms. The molecule has 0 aliphatic carbocycles. The SMILES string of the molecule is CN1CCNC[CH]1[Al+2]. The van der Waals surface area contributed by atoms with E-state index in [2.05, 4.69) is 33.6 Å². The first kappa shape index (κ1) is 6.57. The average Bonchev–Trinajstić information content (AvgIpc) is 1.77. The van der Waals surface area contributed by atoms with Gasteiger partial charge in [0.05, 0.1) is 0 Å². The molecule has 1 aliphatic rings. The van der Waals surface area contributed by atoms with Crippen LogP contribution in [0, 0.1) is 0 Å². The summed E-state index contributed by atoms with van der Waals surface area (Å²) in [6.07, 6.45) is 0. The van der Waals surface area contributed by atoms with Gasteiger partial charge in [0.2, 0.25) is 0 Å². The maximum absolute atomic E-state index is 3.30. The van der Waals surface area contributed by atoms with Crippen LogP contribution in [0.1, 0.15) is 0 Å². The second-order valence-corrected chi connectivity index (χ2v) is 3.02. The van der Waals surface area contributed by atoms with E-state index >= 15 is 0 Å². The summed E-state index contributed by atoms with van der Waals surface area (Å²) in [6, 6.07) is 0. The van der Waals surface area contributed by atoms with E-state index < -0.39 is 0 Å².